The van der Waals surface area contributed by atoms with E-state index in [0.29, 0.717) is 12.0 Å². The zero-order valence-electron chi connectivity index (χ0n) is 17.2. The lowest BCUT2D eigenvalue weighted by molar-refractivity contribution is -0.385. The van der Waals surface area contributed by atoms with E-state index in [9.17, 15) is 15.2 Å². The van der Waals surface area contributed by atoms with Gasteiger partial charge in [0, 0.05) is 17.8 Å². The highest BCUT2D eigenvalue weighted by molar-refractivity contribution is 5.88. The smallest absolute Gasteiger partial charge is 0.311 e. The number of aliphatic imine (C=N–C) groups is 1. The van der Waals surface area contributed by atoms with Crippen molar-refractivity contribution in [1.82, 2.24) is 0 Å². The number of phenols is 1. The van der Waals surface area contributed by atoms with Crippen LogP contribution in [0.2, 0.25) is 0 Å². The van der Waals surface area contributed by atoms with Crippen LogP contribution in [0.25, 0.3) is 11.1 Å². The molecule has 4 aromatic rings. The molecule has 0 heterocycles. The Kier molecular flexibility index (Phi) is 5.00. The topological polar surface area (TPSA) is 75.7 Å². The van der Waals surface area contributed by atoms with Gasteiger partial charge in [0.25, 0.3) is 0 Å². The van der Waals surface area contributed by atoms with Gasteiger partial charge < -0.3 is 5.11 Å². The number of benzene rings is 4. The van der Waals surface area contributed by atoms with Crippen molar-refractivity contribution in [3.8, 4) is 16.9 Å². The van der Waals surface area contributed by atoms with Gasteiger partial charge in [0.2, 0.25) is 5.75 Å². The van der Waals surface area contributed by atoms with E-state index in [1.165, 1.54) is 34.5 Å². The molecule has 5 heteroatoms. The summed E-state index contributed by atoms with van der Waals surface area (Å²) in [6.45, 7) is 0. The molecular formula is C27H20N2O3. The molecule has 1 aliphatic carbocycles. The SMILES string of the molecule is O=[N+]([O-])c1cc(Cc2ccccc2)cc(C=Nc2ccc3c(c2)Cc2ccccc2-3)c1O. The maximum Gasteiger partial charge on any atom is 0.311 e. The van der Waals surface area contributed by atoms with Crippen LogP contribution in [-0.2, 0) is 12.8 Å². The van der Waals surface area contributed by atoms with Crippen LogP contribution in [0.5, 0.6) is 5.75 Å². The molecule has 0 bridgehead atoms. The molecule has 1 aliphatic rings. The van der Waals surface area contributed by atoms with Gasteiger partial charge in [-0.3, -0.25) is 15.1 Å². The van der Waals surface area contributed by atoms with Gasteiger partial charge in [-0.2, -0.15) is 0 Å². The fourth-order valence-corrected chi connectivity index (χ4v) is 4.23. The van der Waals surface area contributed by atoms with E-state index in [1.54, 1.807) is 6.07 Å². The van der Waals surface area contributed by atoms with E-state index in [2.05, 4.69) is 23.2 Å². The first-order valence-electron chi connectivity index (χ1n) is 10.4. The van der Waals surface area contributed by atoms with E-state index in [0.717, 1.165) is 23.2 Å². The number of nitro groups is 1. The van der Waals surface area contributed by atoms with Crippen LogP contribution in [0, 0.1) is 10.1 Å². The van der Waals surface area contributed by atoms with Crippen LogP contribution in [-0.4, -0.2) is 16.2 Å². The van der Waals surface area contributed by atoms with Crippen LogP contribution in [0.3, 0.4) is 0 Å². The predicted octanol–water partition coefficient (Wildman–Crippen LogP) is 6.21. The summed E-state index contributed by atoms with van der Waals surface area (Å²) in [4.78, 5) is 15.4. The molecule has 0 amide bonds. The normalized spacial score (nSPS) is 12.0. The van der Waals surface area contributed by atoms with Gasteiger partial charge in [0.05, 0.1) is 10.6 Å². The molecular weight excluding hydrogens is 400 g/mol. The quantitative estimate of drug-likeness (QED) is 0.209. The summed E-state index contributed by atoms with van der Waals surface area (Å²) in [5.41, 5.74) is 7.49. The molecule has 0 aromatic heterocycles. The second-order valence-electron chi connectivity index (χ2n) is 7.91. The fourth-order valence-electron chi connectivity index (χ4n) is 4.23. The third kappa shape index (κ3) is 3.76. The molecule has 156 valence electrons. The Bertz CT molecular complexity index is 1360. The van der Waals surface area contributed by atoms with E-state index in [-0.39, 0.29) is 11.4 Å². The van der Waals surface area contributed by atoms with Crippen molar-refractivity contribution in [2.24, 2.45) is 4.99 Å². The molecule has 0 fully saturated rings. The molecule has 0 unspecified atom stereocenters. The molecule has 0 aliphatic heterocycles. The molecule has 32 heavy (non-hydrogen) atoms. The van der Waals surface area contributed by atoms with E-state index >= 15 is 0 Å². The highest BCUT2D eigenvalue weighted by Gasteiger charge is 2.19. The van der Waals surface area contributed by atoms with E-state index < -0.39 is 4.92 Å². The van der Waals surface area contributed by atoms with Crippen molar-refractivity contribution in [1.29, 1.82) is 0 Å². The zero-order chi connectivity index (χ0) is 22.1. The third-order valence-electron chi connectivity index (χ3n) is 5.76. The Balaban J connectivity index is 1.47. The number of hydrogen-bond donors (Lipinski definition) is 1. The van der Waals surface area contributed by atoms with Crippen LogP contribution >= 0.6 is 0 Å². The van der Waals surface area contributed by atoms with E-state index in [4.69, 9.17) is 0 Å². The Morgan fingerprint density at radius 2 is 1.62 bits per heavy atom. The largest absolute Gasteiger partial charge is 0.502 e. The van der Waals surface area contributed by atoms with Crippen molar-refractivity contribution in [2.75, 3.05) is 0 Å². The summed E-state index contributed by atoms with van der Waals surface area (Å²) in [6, 6.07) is 27.3. The van der Waals surface area contributed by atoms with Crippen molar-refractivity contribution in [2.45, 2.75) is 12.8 Å². The second-order valence-corrected chi connectivity index (χ2v) is 7.91. The van der Waals surface area contributed by atoms with Gasteiger partial charge in [-0.15, -0.1) is 0 Å². The average molecular weight is 420 g/mol. The summed E-state index contributed by atoms with van der Waals surface area (Å²) in [5, 5.41) is 22.0. The zero-order valence-corrected chi connectivity index (χ0v) is 17.2. The number of nitro benzene ring substituents is 1. The lowest BCUT2D eigenvalue weighted by atomic mass is 10.0. The lowest BCUT2D eigenvalue weighted by Crippen LogP contribution is -1.97. The van der Waals surface area contributed by atoms with Gasteiger partial charge >= 0.3 is 5.69 Å². The molecule has 0 saturated carbocycles. The fraction of sp³-hybridized carbons (Fsp3) is 0.0741. The molecule has 4 aromatic carbocycles. The van der Waals surface area contributed by atoms with Crippen molar-refractivity contribution in [3.63, 3.8) is 0 Å². The summed E-state index contributed by atoms with van der Waals surface area (Å²) in [5.74, 6) is -0.371. The Labute approximate surface area is 185 Å². The maximum absolute atomic E-state index is 11.5. The Hall–Kier alpha value is -4.25. The molecule has 5 nitrogen and oxygen atoms in total. The molecule has 0 saturated heterocycles. The predicted molar refractivity (Wildman–Crippen MR) is 126 cm³/mol. The minimum absolute atomic E-state index is 0.315. The van der Waals surface area contributed by atoms with Crippen LogP contribution in [0.4, 0.5) is 11.4 Å². The molecule has 0 radical (unpaired) electrons. The Morgan fingerprint density at radius 1 is 0.875 bits per heavy atom. The second kappa shape index (κ2) is 8.12. The first-order chi connectivity index (χ1) is 15.6. The molecule has 5 rings (SSSR count). The average Bonchev–Trinajstić information content (AvgIpc) is 3.17. The number of hydrogen-bond acceptors (Lipinski definition) is 4. The number of phenolic OH excluding ortho intramolecular Hbond substituents is 1. The monoisotopic (exact) mass is 420 g/mol. The summed E-state index contributed by atoms with van der Waals surface area (Å²) in [7, 11) is 0. The van der Waals surface area contributed by atoms with Crippen molar-refractivity contribution < 1.29 is 10.0 Å². The van der Waals surface area contributed by atoms with Gasteiger partial charge in [-0.1, -0.05) is 60.7 Å². The third-order valence-corrected chi connectivity index (χ3v) is 5.76. The highest BCUT2D eigenvalue weighted by atomic mass is 16.6. The molecule has 0 spiro atoms. The number of aromatic hydroxyl groups is 1. The van der Waals surface area contributed by atoms with Crippen LogP contribution < -0.4 is 0 Å². The standard InChI is InChI=1S/C27H20N2O3/c30-27-22(13-19(14-26(27)29(31)32)12-18-6-2-1-3-7-18)17-28-23-10-11-25-21(16-23)15-20-8-4-5-9-24(20)25/h1-11,13-14,16-17,30H,12,15H2. The van der Waals surface area contributed by atoms with Gasteiger partial charge in [-0.25, -0.2) is 0 Å². The van der Waals surface area contributed by atoms with E-state index in [1.807, 2.05) is 54.6 Å². The summed E-state index contributed by atoms with van der Waals surface area (Å²) >= 11 is 0. The lowest BCUT2D eigenvalue weighted by Gasteiger charge is -2.07. The van der Waals surface area contributed by atoms with Gasteiger partial charge in [0.1, 0.15) is 0 Å². The van der Waals surface area contributed by atoms with Crippen LogP contribution in [0.1, 0.15) is 27.8 Å². The summed E-state index contributed by atoms with van der Waals surface area (Å²) in [6.07, 6.45) is 2.89. The minimum atomic E-state index is -0.562. The first-order valence-corrected chi connectivity index (χ1v) is 10.4. The maximum atomic E-state index is 11.5. The van der Waals surface area contributed by atoms with Gasteiger partial charge in [-0.05, 0) is 64.4 Å². The van der Waals surface area contributed by atoms with Gasteiger partial charge in [0.15, 0.2) is 0 Å². The minimum Gasteiger partial charge on any atom is -0.502 e. The number of fused-ring (bicyclic) bond motifs is 3. The van der Waals surface area contributed by atoms with Crippen molar-refractivity contribution >= 4 is 17.6 Å². The highest BCUT2D eigenvalue weighted by Crippen LogP contribution is 2.38. The first kappa shape index (κ1) is 19.7. The van der Waals surface area contributed by atoms with Crippen molar-refractivity contribution in [3.05, 3.63) is 123 Å². The number of rotatable bonds is 5. The molecule has 0 atom stereocenters. The Morgan fingerprint density at radius 3 is 2.44 bits per heavy atom. The molecule has 1 N–H and O–H groups in total. The summed E-state index contributed by atoms with van der Waals surface area (Å²) < 4.78 is 0. The number of nitrogens with zero attached hydrogens (tertiary/aromatic N) is 2. The van der Waals surface area contributed by atoms with Crippen LogP contribution in [0.15, 0.2) is 89.9 Å².